The first kappa shape index (κ1) is 24.8. The topological polar surface area (TPSA) is 70.7 Å². The van der Waals surface area contributed by atoms with Gasteiger partial charge in [-0.3, -0.25) is 4.79 Å². The van der Waals surface area contributed by atoms with E-state index in [0.717, 1.165) is 25.5 Å². The second-order valence-corrected chi connectivity index (χ2v) is 8.35. The maximum absolute atomic E-state index is 13.0. The third-order valence-electron chi connectivity index (χ3n) is 5.59. The van der Waals surface area contributed by atoms with Crippen molar-refractivity contribution in [1.29, 1.82) is 0 Å². The summed E-state index contributed by atoms with van der Waals surface area (Å²) in [6.45, 7) is 1.63. The molecule has 0 aromatic heterocycles. The van der Waals surface area contributed by atoms with Crippen molar-refractivity contribution < 1.29 is 18.0 Å². The molecule has 2 aromatic carbocycles. The van der Waals surface area contributed by atoms with Crippen molar-refractivity contribution in [3.8, 4) is 0 Å². The zero-order valence-electron chi connectivity index (χ0n) is 18.2. The Balaban J connectivity index is 1.77. The van der Waals surface area contributed by atoms with Crippen LogP contribution in [0.4, 0.5) is 18.9 Å². The van der Waals surface area contributed by atoms with E-state index in [9.17, 15) is 18.0 Å². The Labute approximate surface area is 196 Å². The van der Waals surface area contributed by atoms with Gasteiger partial charge in [-0.1, -0.05) is 35.9 Å². The van der Waals surface area contributed by atoms with Crippen molar-refractivity contribution in [3.05, 3.63) is 76.5 Å². The predicted octanol–water partition coefficient (Wildman–Crippen LogP) is 5.08. The molecule has 0 spiro atoms. The highest BCUT2D eigenvalue weighted by atomic mass is 35.5. The number of nitrogens with one attached hydrogen (secondary N) is 1. The SMILES string of the molecule is CN1CCCC1CCNC(=O)c1ccc(C(C=C(N)C(F)(F)F)=Nc2ccccc2Cl)cc1. The molecule has 1 amide bonds. The predicted molar refractivity (Wildman–Crippen MR) is 125 cm³/mol. The normalized spacial score (nSPS) is 17.9. The van der Waals surface area contributed by atoms with Gasteiger partial charge in [0.2, 0.25) is 0 Å². The molecule has 3 N–H and O–H groups in total. The maximum atomic E-state index is 13.0. The highest BCUT2D eigenvalue weighted by Crippen LogP contribution is 2.27. The largest absolute Gasteiger partial charge is 0.430 e. The molecule has 0 saturated carbocycles. The first-order valence-corrected chi connectivity index (χ1v) is 11.0. The molecule has 33 heavy (non-hydrogen) atoms. The van der Waals surface area contributed by atoms with Crippen molar-refractivity contribution in [2.75, 3.05) is 20.1 Å². The molecule has 1 unspecified atom stereocenters. The van der Waals surface area contributed by atoms with Gasteiger partial charge in [0.05, 0.1) is 16.4 Å². The molecule has 176 valence electrons. The summed E-state index contributed by atoms with van der Waals surface area (Å²) < 4.78 is 39.1. The van der Waals surface area contributed by atoms with E-state index in [-0.39, 0.29) is 16.6 Å². The number of halogens is 4. The number of carbonyl (C=O) groups excluding carboxylic acids is 1. The average Bonchev–Trinajstić information content (AvgIpc) is 3.18. The van der Waals surface area contributed by atoms with Crippen LogP contribution in [-0.2, 0) is 0 Å². The van der Waals surface area contributed by atoms with Gasteiger partial charge >= 0.3 is 6.18 Å². The number of hydrogen-bond donors (Lipinski definition) is 2. The van der Waals surface area contributed by atoms with Gasteiger partial charge in [-0.2, -0.15) is 13.2 Å². The summed E-state index contributed by atoms with van der Waals surface area (Å²) in [5, 5.41) is 3.19. The number of likely N-dealkylation sites (tertiary alicyclic amines) is 1. The lowest BCUT2D eigenvalue weighted by atomic mass is 10.1. The van der Waals surface area contributed by atoms with E-state index in [0.29, 0.717) is 29.4 Å². The summed E-state index contributed by atoms with van der Waals surface area (Å²) in [7, 11) is 2.08. The maximum Gasteiger partial charge on any atom is 0.430 e. The monoisotopic (exact) mass is 478 g/mol. The molecule has 9 heteroatoms. The van der Waals surface area contributed by atoms with E-state index in [1.54, 1.807) is 36.4 Å². The number of nitrogens with zero attached hydrogens (tertiary/aromatic N) is 2. The van der Waals surface area contributed by atoms with Crippen LogP contribution in [0.5, 0.6) is 0 Å². The molecule has 1 heterocycles. The van der Waals surface area contributed by atoms with E-state index in [2.05, 4.69) is 22.3 Å². The Morgan fingerprint density at radius 1 is 1.21 bits per heavy atom. The van der Waals surface area contributed by atoms with Crippen LogP contribution in [0, 0.1) is 0 Å². The molecule has 1 aliphatic heterocycles. The van der Waals surface area contributed by atoms with Crippen LogP contribution in [-0.4, -0.2) is 48.9 Å². The first-order chi connectivity index (χ1) is 15.6. The Hall–Kier alpha value is -2.84. The van der Waals surface area contributed by atoms with E-state index in [1.807, 2.05) is 0 Å². The molecule has 3 rings (SSSR count). The lowest BCUT2D eigenvalue weighted by Gasteiger charge is -2.19. The minimum atomic E-state index is -4.70. The summed E-state index contributed by atoms with van der Waals surface area (Å²) in [6, 6.07) is 13.2. The van der Waals surface area contributed by atoms with Gasteiger partial charge in [0.15, 0.2) is 0 Å². The minimum absolute atomic E-state index is 0.0193. The molecule has 5 nitrogen and oxygen atoms in total. The number of amides is 1. The van der Waals surface area contributed by atoms with Crippen LogP contribution in [0.25, 0.3) is 0 Å². The second-order valence-electron chi connectivity index (χ2n) is 7.94. The molecular formula is C24H26ClF3N4O. The smallest absolute Gasteiger partial charge is 0.395 e. The van der Waals surface area contributed by atoms with Gasteiger partial charge in [0.1, 0.15) is 5.70 Å². The summed E-state index contributed by atoms with van der Waals surface area (Å²) in [6.07, 6.45) is -0.771. The molecule has 1 saturated heterocycles. The molecule has 0 aliphatic carbocycles. The Bertz CT molecular complexity index is 1030. The lowest BCUT2D eigenvalue weighted by molar-refractivity contribution is -0.0925. The molecule has 0 bridgehead atoms. The van der Waals surface area contributed by atoms with Crippen molar-refractivity contribution >= 4 is 28.9 Å². The number of nitrogens with two attached hydrogens (primary N) is 1. The van der Waals surface area contributed by atoms with E-state index in [1.165, 1.54) is 18.6 Å². The number of benzene rings is 2. The molecule has 0 radical (unpaired) electrons. The highest BCUT2D eigenvalue weighted by molar-refractivity contribution is 6.33. The van der Waals surface area contributed by atoms with Crippen molar-refractivity contribution in [1.82, 2.24) is 10.2 Å². The van der Waals surface area contributed by atoms with Crippen molar-refractivity contribution in [3.63, 3.8) is 0 Å². The van der Waals surface area contributed by atoms with Gasteiger partial charge in [-0.25, -0.2) is 4.99 Å². The van der Waals surface area contributed by atoms with Crippen LogP contribution in [0.15, 0.2) is 65.3 Å². The van der Waals surface area contributed by atoms with Crippen LogP contribution in [0.3, 0.4) is 0 Å². The van der Waals surface area contributed by atoms with E-state index >= 15 is 0 Å². The Kier molecular flexibility index (Phi) is 8.15. The molecular weight excluding hydrogens is 453 g/mol. The molecule has 1 aliphatic rings. The van der Waals surface area contributed by atoms with Crippen LogP contribution in [0.2, 0.25) is 5.02 Å². The quantitative estimate of drug-likeness (QED) is 0.545. The highest BCUT2D eigenvalue weighted by Gasteiger charge is 2.31. The minimum Gasteiger partial charge on any atom is -0.395 e. The second kappa shape index (κ2) is 10.9. The average molecular weight is 479 g/mol. The van der Waals surface area contributed by atoms with Crippen LogP contribution < -0.4 is 11.1 Å². The number of allylic oxidation sites excluding steroid dienone is 2. The molecule has 1 atom stereocenters. The van der Waals surface area contributed by atoms with E-state index in [4.69, 9.17) is 17.3 Å². The molecule has 2 aromatic rings. The number of aliphatic imine (C=N–C) groups is 1. The third-order valence-corrected chi connectivity index (χ3v) is 5.91. The fraction of sp³-hybridized carbons (Fsp3) is 0.333. The molecule has 1 fully saturated rings. The zero-order chi connectivity index (χ0) is 24.0. The van der Waals surface area contributed by atoms with Gasteiger partial charge in [-0.15, -0.1) is 0 Å². The number of carbonyl (C=O) groups is 1. The number of hydrogen-bond acceptors (Lipinski definition) is 4. The Morgan fingerprint density at radius 3 is 2.48 bits per heavy atom. The number of para-hydroxylation sites is 1. The summed E-state index contributed by atoms with van der Waals surface area (Å²) in [4.78, 5) is 19.0. The number of alkyl halides is 3. The van der Waals surface area contributed by atoms with Crippen LogP contribution in [0.1, 0.15) is 35.2 Å². The van der Waals surface area contributed by atoms with Gasteiger partial charge < -0.3 is 16.0 Å². The number of rotatable bonds is 7. The lowest BCUT2D eigenvalue weighted by Crippen LogP contribution is -2.31. The third kappa shape index (κ3) is 6.82. The summed E-state index contributed by atoms with van der Waals surface area (Å²) in [5.41, 5.74) is 5.00. The Morgan fingerprint density at radius 2 is 1.88 bits per heavy atom. The zero-order valence-corrected chi connectivity index (χ0v) is 19.0. The van der Waals surface area contributed by atoms with Crippen LogP contribution >= 0.6 is 11.6 Å². The van der Waals surface area contributed by atoms with E-state index < -0.39 is 11.9 Å². The first-order valence-electron chi connectivity index (χ1n) is 10.6. The van der Waals surface area contributed by atoms with Gasteiger partial charge in [0.25, 0.3) is 5.91 Å². The summed E-state index contributed by atoms with van der Waals surface area (Å²) >= 11 is 6.12. The van der Waals surface area contributed by atoms with Crippen molar-refractivity contribution in [2.24, 2.45) is 10.7 Å². The standard InChI is InChI=1S/C24H26ClF3N4O/c1-32-14-4-5-18(32)12-13-30-23(33)17-10-8-16(9-11-17)21(15-22(29)24(26,27)28)31-20-7-3-2-6-19(20)25/h2-3,6-11,15,18H,4-5,12-14,29H2,1H3,(H,30,33). The fourth-order valence-corrected chi connectivity index (χ4v) is 3.85. The summed E-state index contributed by atoms with van der Waals surface area (Å²) in [5.74, 6) is -0.239. The van der Waals surface area contributed by atoms with Crippen molar-refractivity contribution in [2.45, 2.75) is 31.5 Å². The van der Waals surface area contributed by atoms with Gasteiger partial charge in [-0.05, 0) is 63.2 Å². The fourth-order valence-electron chi connectivity index (χ4n) is 3.67. The van der Waals surface area contributed by atoms with Gasteiger partial charge in [0, 0.05) is 23.7 Å².